The van der Waals surface area contributed by atoms with E-state index < -0.39 is 0 Å². The van der Waals surface area contributed by atoms with Crippen LogP contribution in [0.2, 0.25) is 0 Å². The molecule has 0 rings (SSSR count). The Morgan fingerprint density at radius 1 is 1.12 bits per heavy atom. The summed E-state index contributed by atoms with van der Waals surface area (Å²) in [7, 11) is 0. The molecule has 0 radical (unpaired) electrons. The molecule has 0 atom stereocenters. The lowest BCUT2D eigenvalue weighted by molar-refractivity contribution is -0.118. The summed E-state index contributed by atoms with van der Waals surface area (Å²) in [5.41, 5.74) is 0. The molecule has 4 nitrogen and oxygen atoms in total. The Kier molecular flexibility index (Phi) is 10.2. The molecule has 0 aromatic rings. The van der Waals surface area contributed by atoms with Crippen LogP contribution in [0.1, 0.15) is 59.3 Å². The summed E-state index contributed by atoms with van der Waals surface area (Å²) in [4.78, 5) is 10.6. The van der Waals surface area contributed by atoms with Crippen molar-refractivity contribution in [3.63, 3.8) is 0 Å². The zero-order valence-electron chi connectivity index (χ0n) is 11.5. The van der Waals surface area contributed by atoms with Crippen molar-refractivity contribution in [2.45, 2.75) is 65.3 Å². The summed E-state index contributed by atoms with van der Waals surface area (Å²) in [5, 5.41) is 13.6. The van der Waals surface area contributed by atoms with Gasteiger partial charge < -0.3 is 10.5 Å². The van der Waals surface area contributed by atoms with E-state index in [1.807, 2.05) is 13.8 Å². The first-order valence-corrected chi connectivity index (χ1v) is 6.74. The molecule has 0 bridgehead atoms. The van der Waals surface area contributed by atoms with Crippen molar-refractivity contribution in [2.75, 3.05) is 13.1 Å². The Hall–Kier alpha value is -0.610. The second kappa shape index (κ2) is 10.5. The standard InChI is InChI=1S/C13H28N2O2/c1-12(2)15(17)11-9-7-5-4-6-8-10-14-13(3)16/h12,17H,4-11H2,1-3H3,(H,14,16). The third kappa shape index (κ3) is 11.6. The Balaban J connectivity index is 3.11. The monoisotopic (exact) mass is 244 g/mol. The highest BCUT2D eigenvalue weighted by molar-refractivity contribution is 5.72. The van der Waals surface area contributed by atoms with Gasteiger partial charge in [-0.15, -0.1) is 0 Å². The molecule has 0 spiro atoms. The Morgan fingerprint density at radius 2 is 1.65 bits per heavy atom. The molecule has 2 N–H and O–H groups in total. The van der Waals surface area contributed by atoms with E-state index in [1.54, 1.807) is 6.92 Å². The number of amides is 1. The lowest BCUT2D eigenvalue weighted by Crippen LogP contribution is -2.27. The minimum Gasteiger partial charge on any atom is -0.356 e. The van der Waals surface area contributed by atoms with E-state index in [4.69, 9.17) is 0 Å². The van der Waals surface area contributed by atoms with Crippen LogP contribution in [0.4, 0.5) is 0 Å². The lowest BCUT2D eigenvalue weighted by atomic mass is 10.1. The normalized spacial score (nSPS) is 11.2. The van der Waals surface area contributed by atoms with E-state index in [-0.39, 0.29) is 11.9 Å². The smallest absolute Gasteiger partial charge is 0.216 e. The van der Waals surface area contributed by atoms with Crippen molar-refractivity contribution in [1.82, 2.24) is 10.4 Å². The third-order valence-corrected chi connectivity index (χ3v) is 2.78. The molecule has 0 aliphatic rings. The van der Waals surface area contributed by atoms with Crippen LogP contribution in [0.3, 0.4) is 0 Å². The minimum atomic E-state index is 0.0572. The predicted molar refractivity (Wildman–Crippen MR) is 70.0 cm³/mol. The van der Waals surface area contributed by atoms with Gasteiger partial charge in [0.05, 0.1) is 0 Å². The van der Waals surface area contributed by atoms with Crippen LogP contribution in [-0.4, -0.2) is 35.3 Å². The van der Waals surface area contributed by atoms with Gasteiger partial charge in [-0.05, 0) is 26.7 Å². The van der Waals surface area contributed by atoms with Gasteiger partial charge >= 0.3 is 0 Å². The zero-order valence-corrected chi connectivity index (χ0v) is 11.5. The minimum absolute atomic E-state index is 0.0572. The van der Waals surface area contributed by atoms with E-state index in [0.29, 0.717) is 0 Å². The molecular weight excluding hydrogens is 216 g/mol. The molecule has 0 aromatic carbocycles. The molecule has 0 heterocycles. The van der Waals surface area contributed by atoms with Crippen LogP contribution in [0.25, 0.3) is 0 Å². The van der Waals surface area contributed by atoms with E-state index in [1.165, 1.54) is 30.7 Å². The lowest BCUT2D eigenvalue weighted by Gasteiger charge is -2.18. The molecule has 0 aromatic heterocycles. The molecule has 102 valence electrons. The summed E-state index contributed by atoms with van der Waals surface area (Å²) in [5.74, 6) is 0.0572. The van der Waals surface area contributed by atoms with Crippen LogP contribution < -0.4 is 5.32 Å². The molecule has 0 aliphatic heterocycles. The maximum atomic E-state index is 10.6. The van der Waals surface area contributed by atoms with Gasteiger partial charge in [0.1, 0.15) is 0 Å². The van der Waals surface area contributed by atoms with Crippen molar-refractivity contribution in [3.05, 3.63) is 0 Å². The summed E-state index contributed by atoms with van der Waals surface area (Å²) in [6, 6.07) is 0.215. The molecular formula is C13H28N2O2. The Bertz CT molecular complexity index is 196. The predicted octanol–water partition coefficient (Wildman–Crippen LogP) is 2.56. The largest absolute Gasteiger partial charge is 0.356 e. The number of hydroxylamine groups is 2. The molecule has 0 fully saturated rings. The van der Waals surface area contributed by atoms with Crippen molar-refractivity contribution < 1.29 is 10.0 Å². The molecule has 1 amide bonds. The van der Waals surface area contributed by atoms with Crippen LogP contribution in [-0.2, 0) is 4.79 Å². The SMILES string of the molecule is CC(=O)NCCCCCCCCN(O)C(C)C. The molecule has 0 saturated heterocycles. The first-order valence-electron chi connectivity index (χ1n) is 6.74. The zero-order chi connectivity index (χ0) is 13.1. The number of hydrogen-bond donors (Lipinski definition) is 2. The van der Waals surface area contributed by atoms with Crippen molar-refractivity contribution >= 4 is 5.91 Å². The van der Waals surface area contributed by atoms with Gasteiger partial charge in [0, 0.05) is 26.1 Å². The van der Waals surface area contributed by atoms with E-state index in [9.17, 15) is 10.0 Å². The fourth-order valence-corrected chi connectivity index (χ4v) is 1.63. The molecule has 0 aliphatic carbocycles. The van der Waals surface area contributed by atoms with Crippen LogP contribution in [0, 0.1) is 0 Å². The van der Waals surface area contributed by atoms with Crippen molar-refractivity contribution in [2.24, 2.45) is 0 Å². The maximum absolute atomic E-state index is 10.6. The molecule has 0 saturated carbocycles. The quantitative estimate of drug-likeness (QED) is 0.459. The van der Waals surface area contributed by atoms with Gasteiger partial charge in [-0.25, -0.2) is 0 Å². The fourth-order valence-electron chi connectivity index (χ4n) is 1.63. The number of carbonyl (C=O) groups excluding carboxylic acids is 1. The van der Waals surface area contributed by atoms with Gasteiger partial charge in [-0.3, -0.25) is 4.79 Å². The van der Waals surface area contributed by atoms with Gasteiger partial charge in [0.25, 0.3) is 0 Å². The van der Waals surface area contributed by atoms with E-state index in [2.05, 4.69) is 5.32 Å². The summed E-state index contributed by atoms with van der Waals surface area (Å²) in [6.45, 7) is 7.09. The van der Waals surface area contributed by atoms with Gasteiger partial charge in [0.15, 0.2) is 0 Å². The number of nitrogens with one attached hydrogen (secondary N) is 1. The molecule has 4 heteroatoms. The Morgan fingerprint density at radius 3 is 2.18 bits per heavy atom. The van der Waals surface area contributed by atoms with Gasteiger partial charge in [0.2, 0.25) is 5.91 Å². The van der Waals surface area contributed by atoms with Crippen molar-refractivity contribution in [3.8, 4) is 0 Å². The summed E-state index contributed by atoms with van der Waals surface area (Å²) in [6.07, 6.45) is 6.90. The topological polar surface area (TPSA) is 52.6 Å². The highest BCUT2D eigenvalue weighted by atomic mass is 16.5. The van der Waals surface area contributed by atoms with E-state index >= 15 is 0 Å². The second-order valence-corrected chi connectivity index (χ2v) is 4.86. The Labute approximate surface area is 105 Å². The maximum Gasteiger partial charge on any atom is 0.216 e. The molecule has 0 unspecified atom stereocenters. The second-order valence-electron chi connectivity index (χ2n) is 4.86. The molecule has 17 heavy (non-hydrogen) atoms. The summed E-state index contributed by atoms with van der Waals surface area (Å²) >= 11 is 0. The summed E-state index contributed by atoms with van der Waals surface area (Å²) < 4.78 is 0. The highest BCUT2D eigenvalue weighted by Crippen LogP contribution is 2.06. The first kappa shape index (κ1) is 16.4. The number of rotatable bonds is 10. The number of carbonyl (C=O) groups is 1. The fraction of sp³-hybridized carbons (Fsp3) is 0.923. The number of nitrogens with zero attached hydrogens (tertiary/aromatic N) is 1. The van der Waals surface area contributed by atoms with Crippen molar-refractivity contribution in [1.29, 1.82) is 0 Å². The third-order valence-electron chi connectivity index (χ3n) is 2.78. The van der Waals surface area contributed by atoms with Gasteiger partial charge in [-0.1, -0.05) is 25.7 Å². The van der Waals surface area contributed by atoms with Gasteiger partial charge in [-0.2, -0.15) is 5.06 Å². The van der Waals surface area contributed by atoms with Crippen LogP contribution in [0.5, 0.6) is 0 Å². The first-order chi connectivity index (χ1) is 8.04. The average molecular weight is 244 g/mol. The average Bonchev–Trinajstić information content (AvgIpc) is 2.25. The highest BCUT2D eigenvalue weighted by Gasteiger charge is 2.03. The number of hydrogen-bond acceptors (Lipinski definition) is 3. The van der Waals surface area contributed by atoms with Crippen LogP contribution >= 0.6 is 0 Å². The van der Waals surface area contributed by atoms with E-state index in [0.717, 1.165) is 25.9 Å². The number of unbranched alkanes of at least 4 members (excludes halogenated alkanes) is 5. The van der Waals surface area contributed by atoms with Crippen LogP contribution in [0.15, 0.2) is 0 Å².